The fraction of sp³-hybridized carbons (Fsp3) is 0.174. The molecule has 1 heterocycles. The summed E-state index contributed by atoms with van der Waals surface area (Å²) in [5, 5.41) is 5.80. The van der Waals surface area contributed by atoms with Crippen molar-refractivity contribution in [2.24, 2.45) is 0 Å². The van der Waals surface area contributed by atoms with Gasteiger partial charge in [0.25, 0.3) is 5.91 Å². The number of rotatable bonds is 8. The van der Waals surface area contributed by atoms with Crippen LogP contribution in [-0.2, 0) is 4.79 Å². The minimum Gasteiger partial charge on any atom is -0.355 e. The quantitative estimate of drug-likeness (QED) is 0.596. The number of amides is 2. The fourth-order valence-corrected chi connectivity index (χ4v) is 2.98. The first-order chi connectivity index (χ1) is 13.8. The fourth-order valence-electron chi connectivity index (χ4n) is 2.98. The van der Waals surface area contributed by atoms with E-state index >= 15 is 0 Å². The summed E-state index contributed by atoms with van der Waals surface area (Å²) in [6.45, 7) is 0.953. The van der Waals surface area contributed by atoms with E-state index in [1.807, 2.05) is 60.7 Å². The molecule has 2 N–H and O–H groups in total. The average molecular weight is 373 g/mol. The number of carbonyl (C=O) groups excluding carboxylic acids is 2. The van der Waals surface area contributed by atoms with Gasteiger partial charge >= 0.3 is 0 Å². The molecule has 0 aliphatic rings. The molecule has 142 valence electrons. The van der Waals surface area contributed by atoms with Crippen molar-refractivity contribution >= 4 is 11.8 Å². The maximum Gasteiger partial charge on any atom is 0.269 e. The highest BCUT2D eigenvalue weighted by atomic mass is 16.2. The van der Waals surface area contributed by atoms with Crippen LogP contribution in [0.3, 0.4) is 0 Å². The van der Waals surface area contributed by atoms with Crippen molar-refractivity contribution in [1.29, 1.82) is 0 Å². The van der Waals surface area contributed by atoms with Crippen molar-refractivity contribution in [2.45, 2.75) is 12.3 Å². The van der Waals surface area contributed by atoms with E-state index in [-0.39, 0.29) is 17.7 Å². The second kappa shape index (κ2) is 10.0. The van der Waals surface area contributed by atoms with Crippen LogP contribution < -0.4 is 10.6 Å². The second-order valence-corrected chi connectivity index (χ2v) is 6.37. The molecule has 28 heavy (non-hydrogen) atoms. The lowest BCUT2D eigenvalue weighted by atomic mass is 9.90. The number of hydrogen-bond donors (Lipinski definition) is 2. The number of benzene rings is 2. The van der Waals surface area contributed by atoms with Crippen LogP contribution in [0.25, 0.3) is 0 Å². The molecule has 1 aromatic heterocycles. The van der Waals surface area contributed by atoms with Crippen LogP contribution in [0.5, 0.6) is 0 Å². The van der Waals surface area contributed by atoms with Crippen molar-refractivity contribution in [1.82, 2.24) is 15.6 Å². The molecule has 5 heteroatoms. The van der Waals surface area contributed by atoms with E-state index in [0.29, 0.717) is 25.2 Å². The lowest BCUT2D eigenvalue weighted by Crippen LogP contribution is -2.33. The van der Waals surface area contributed by atoms with E-state index in [0.717, 1.165) is 11.1 Å². The molecule has 0 radical (unpaired) electrons. The van der Waals surface area contributed by atoms with E-state index in [9.17, 15) is 9.59 Å². The highest BCUT2D eigenvalue weighted by Gasteiger charge is 2.21. The van der Waals surface area contributed by atoms with Gasteiger partial charge in [-0.25, -0.2) is 0 Å². The number of aromatic nitrogens is 1. The molecule has 0 aliphatic carbocycles. The summed E-state index contributed by atoms with van der Waals surface area (Å²) in [6, 6.07) is 24.7. The van der Waals surface area contributed by atoms with Crippen molar-refractivity contribution < 1.29 is 9.59 Å². The van der Waals surface area contributed by atoms with Crippen LogP contribution in [0.2, 0.25) is 0 Å². The summed E-state index contributed by atoms with van der Waals surface area (Å²) >= 11 is 0. The van der Waals surface area contributed by atoms with Crippen molar-refractivity contribution in [3.63, 3.8) is 0 Å². The lowest BCUT2D eigenvalue weighted by molar-refractivity contribution is -0.121. The standard InChI is InChI=1S/C23H23N3O2/c27-22(20-14-7-8-15-24-20)25-16-9-17-26-23(28)21(18-10-3-1-4-11-18)19-12-5-2-6-13-19/h1-8,10-15,21H,9,16-17H2,(H,25,27)(H,26,28). The van der Waals surface area contributed by atoms with Gasteiger partial charge in [0.1, 0.15) is 5.69 Å². The molecule has 0 saturated heterocycles. The maximum absolute atomic E-state index is 12.9. The highest BCUT2D eigenvalue weighted by Crippen LogP contribution is 2.24. The van der Waals surface area contributed by atoms with Gasteiger partial charge in [-0.1, -0.05) is 66.7 Å². The number of pyridine rings is 1. The van der Waals surface area contributed by atoms with Gasteiger partial charge in [-0.15, -0.1) is 0 Å². The van der Waals surface area contributed by atoms with Crippen molar-refractivity contribution in [3.05, 3.63) is 102 Å². The minimum atomic E-state index is -0.356. The summed E-state index contributed by atoms with van der Waals surface area (Å²) in [4.78, 5) is 28.8. The Hall–Kier alpha value is -3.47. The summed E-state index contributed by atoms with van der Waals surface area (Å²) in [5.74, 6) is -0.614. The van der Waals surface area contributed by atoms with E-state index in [1.54, 1.807) is 24.4 Å². The third-order valence-corrected chi connectivity index (χ3v) is 4.36. The number of carbonyl (C=O) groups is 2. The predicted molar refractivity (Wildman–Crippen MR) is 109 cm³/mol. The van der Waals surface area contributed by atoms with Crippen LogP contribution in [0.1, 0.15) is 34.0 Å². The lowest BCUT2D eigenvalue weighted by Gasteiger charge is -2.18. The first-order valence-electron chi connectivity index (χ1n) is 9.32. The largest absolute Gasteiger partial charge is 0.355 e. The van der Waals surface area contributed by atoms with Gasteiger partial charge in [-0.3, -0.25) is 14.6 Å². The van der Waals surface area contributed by atoms with Crippen LogP contribution in [0, 0.1) is 0 Å². The zero-order valence-electron chi connectivity index (χ0n) is 15.5. The Morgan fingerprint density at radius 1 is 0.750 bits per heavy atom. The number of nitrogens with zero attached hydrogens (tertiary/aromatic N) is 1. The number of nitrogens with one attached hydrogen (secondary N) is 2. The van der Waals surface area contributed by atoms with Gasteiger partial charge in [0.2, 0.25) is 5.91 Å². The topological polar surface area (TPSA) is 71.1 Å². The SMILES string of the molecule is O=C(NCCCNC(=O)C(c1ccccc1)c1ccccc1)c1ccccn1. The van der Waals surface area contributed by atoms with Gasteiger partial charge in [-0.05, 0) is 29.7 Å². The van der Waals surface area contributed by atoms with Crippen LogP contribution in [-0.4, -0.2) is 29.9 Å². The molecule has 3 rings (SSSR count). The zero-order valence-corrected chi connectivity index (χ0v) is 15.5. The normalized spacial score (nSPS) is 10.5. The minimum absolute atomic E-state index is 0.0477. The molecule has 3 aromatic rings. The van der Waals surface area contributed by atoms with E-state index in [2.05, 4.69) is 15.6 Å². The van der Waals surface area contributed by atoms with Gasteiger partial charge in [0.15, 0.2) is 0 Å². The van der Waals surface area contributed by atoms with Crippen LogP contribution >= 0.6 is 0 Å². The molecule has 5 nitrogen and oxygen atoms in total. The Bertz CT molecular complexity index is 844. The Labute approximate surface area is 164 Å². The highest BCUT2D eigenvalue weighted by molar-refractivity contribution is 5.92. The van der Waals surface area contributed by atoms with Crippen LogP contribution in [0.15, 0.2) is 85.1 Å². The summed E-state index contributed by atoms with van der Waals surface area (Å²) < 4.78 is 0. The van der Waals surface area contributed by atoms with Crippen molar-refractivity contribution in [3.8, 4) is 0 Å². The third kappa shape index (κ3) is 5.27. The number of hydrogen-bond acceptors (Lipinski definition) is 3. The molecule has 2 amide bonds. The van der Waals surface area contributed by atoms with Gasteiger partial charge in [0, 0.05) is 19.3 Å². The van der Waals surface area contributed by atoms with Gasteiger partial charge in [-0.2, -0.15) is 0 Å². The van der Waals surface area contributed by atoms with E-state index in [1.165, 1.54) is 0 Å². The predicted octanol–water partition coefficient (Wildman–Crippen LogP) is 3.15. The molecule has 0 saturated carbocycles. The third-order valence-electron chi connectivity index (χ3n) is 4.36. The molecule has 0 atom stereocenters. The van der Waals surface area contributed by atoms with Gasteiger partial charge < -0.3 is 10.6 Å². The molecular formula is C23H23N3O2. The summed E-state index contributed by atoms with van der Waals surface area (Å²) in [5.41, 5.74) is 2.30. The zero-order chi connectivity index (χ0) is 19.6. The molecule has 0 unspecified atom stereocenters. The monoisotopic (exact) mass is 373 g/mol. The Morgan fingerprint density at radius 2 is 1.32 bits per heavy atom. The van der Waals surface area contributed by atoms with E-state index < -0.39 is 0 Å². The Balaban J connectivity index is 1.52. The molecule has 0 spiro atoms. The Morgan fingerprint density at radius 3 is 1.89 bits per heavy atom. The first kappa shape index (κ1) is 19.3. The molecule has 2 aromatic carbocycles. The van der Waals surface area contributed by atoms with Crippen molar-refractivity contribution in [2.75, 3.05) is 13.1 Å². The van der Waals surface area contributed by atoms with E-state index in [4.69, 9.17) is 0 Å². The maximum atomic E-state index is 12.9. The molecular weight excluding hydrogens is 350 g/mol. The molecule has 0 aliphatic heterocycles. The smallest absolute Gasteiger partial charge is 0.269 e. The molecule has 0 bridgehead atoms. The summed E-state index contributed by atoms with van der Waals surface area (Å²) in [7, 11) is 0. The van der Waals surface area contributed by atoms with Crippen LogP contribution in [0.4, 0.5) is 0 Å². The molecule has 0 fully saturated rings. The summed E-state index contributed by atoms with van der Waals surface area (Å²) in [6.07, 6.45) is 2.23. The van der Waals surface area contributed by atoms with Gasteiger partial charge in [0.05, 0.1) is 5.92 Å². The first-order valence-corrected chi connectivity index (χ1v) is 9.32. The Kier molecular flexibility index (Phi) is 6.90. The second-order valence-electron chi connectivity index (χ2n) is 6.37. The average Bonchev–Trinajstić information content (AvgIpc) is 2.76.